The fourth-order valence-electron chi connectivity index (χ4n) is 2.45. The summed E-state index contributed by atoms with van der Waals surface area (Å²) in [5, 5.41) is 4.15. The zero-order valence-electron chi connectivity index (χ0n) is 11.7. The molecule has 3 rings (SSSR count). The second kappa shape index (κ2) is 5.00. The maximum atomic E-state index is 5.99. The first-order valence-electron chi connectivity index (χ1n) is 6.82. The van der Waals surface area contributed by atoms with Crippen LogP contribution in [0.5, 0.6) is 0 Å². The predicted octanol–water partition coefficient (Wildman–Crippen LogP) is 1.84. The SMILES string of the molecule is CC(C)(c1ccccc1)c1noc(C2COCC2N)n1. The van der Waals surface area contributed by atoms with Crippen LogP contribution in [-0.4, -0.2) is 29.4 Å². The fraction of sp³-hybridized carbons (Fsp3) is 0.467. The normalized spacial score (nSPS) is 23.1. The van der Waals surface area contributed by atoms with Crippen LogP contribution in [0.3, 0.4) is 0 Å². The molecule has 1 aromatic carbocycles. The molecule has 1 saturated heterocycles. The highest BCUT2D eigenvalue weighted by Crippen LogP contribution is 2.31. The minimum absolute atomic E-state index is 0.00261. The van der Waals surface area contributed by atoms with E-state index in [0.717, 1.165) is 5.56 Å². The Bertz CT molecular complexity index is 580. The van der Waals surface area contributed by atoms with Gasteiger partial charge in [-0.15, -0.1) is 0 Å². The van der Waals surface area contributed by atoms with Crippen LogP contribution in [0.25, 0.3) is 0 Å². The second-order valence-corrected chi connectivity index (χ2v) is 5.76. The third-order valence-electron chi connectivity index (χ3n) is 3.94. The van der Waals surface area contributed by atoms with Crippen LogP contribution in [0.15, 0.2) is 34.9 Å². The summed E-state index contributed by atoms with van der Waals surface area (Å²) in [6.07, 6.45) is 0. The Morgan fingerprint density at radius 1 is 1.20 bits per heavy atom. The highest BCUT2D eigenvalue weighted by Gasteiger charge is 2.34. The monoisotopic (exact) mass is 273 g/mol. The lowest BCUT2D eigenvalue weighted by Gasteiger charge is -2.20. The van der Waals surface area contributed by atoms with Gasteiger partial charge in [-0.25, -0.2) is 0 Å². The first-order chi connectivity index (χ1) is 9.59. The van der Waals surface area contributed by atoms with Crippen molar-refractivity contribution in [1.29, 1.82) is 0 Å². The average Bonchev–Trinajstić information content (AvgIpc) is 3.08. The molecule has 2 atom stereocenters. The van der Waals surface area contributed by atoms with Gasteiger partial charge in [0.05, 0.1) is 24.5 Å². The molecule has 0 radical (unpaired) electrons. The van der Waals surface area contributed by atoms with Crippen molar-refractivity contribution >= 4 is 0 Å². The predicted molar refractivity (Wildman–Crippen MR) is 74.4 cm³/mol. The topological polar surface area (TPSA) is 74.2 Å². The first-order valence-corrected chi connectivity index (χ1v) is 6.82. The number of nitrogens with two attached hydrogens (primary N) is 1. The third-order valence-corrected chi connectivity index (χ3v) is 3.94. The molecule has 20 heavy (non-hydrogen) atoms. The number of hydrogen-bond acceptors (Lipinski definition) is 5. The number of ether oxygens (including phenoxy) is 1. The highest BCUT2D eigenvalue weighted by molar-refractivity contribution is 5.30. The summed E-state index contributed by atoms with van der Waals surface area (Å²) in [7, 11) is 0. The Hall–Kier alpha value is -1.72. The molecule has 0 saturated carbocycles. The number of hydrogen-bond donors (Lipinski definition) is 1. The zero-order chi connectivity index (χ0) is 14.2. The van der Waals surface area contributed by atoms with Gasteiger partial charge in [0.2, 0.25) is 5.89 Å². The largest absolute Gasteiger partial charge is 0.379 e. The molecule has 0 spiro atoms. The van der Waals surface area contributed by atoms with Gasteiger partial charge < -0.3 is 15.0 Å². The smallest absolute Gasteiger partial charge is 0.233 e. The van der Waals surface area contributed by atoms with Crippen molar-refractivity contribution in [2.24, 2.45) is 5.73 Å². The maximum absolute atomic E-state index is 5.99. The molecule has 5 nitrogen and oxygen atoms in total. The van der Waals surface area contributed by atoms with Crippen molar-refractivity contribution in [3.63, 3.8) is 0 Å². The molecular weight excluding hydrogens is 254 g/mol. The molecule has 0 aliphatic carbocycles. The molecule has 0 amide bonds. The van der Waals surface area contributed by atoms with Gasteiger partial charge >= 0.3 is 0 Å². The molecule has 2 N–H and O–H groups in total. The van der Waals surface area contributed by atoms with Gasteiger partial charge in [-0.1, -0.05) is 35.5 Å². The van der Waals surface area contributed by atoms with Crippen molar-refractivity contribution in [2.45, 2.75) is 31.2 Å². The zero-order valence-corrected chi connectivity index (χ0v) is 11.7. The van der Waals surface area contributed by atoms with Gasteiger partial charge in [-0.3, -0.25) is 0 Å². The molecule has 2 aromatic rings. The standard InChI is InChI=1S/C15H19N3O2/c1-15(2,10-6-4-3-5-7-10)14-17-13(20-18-14)11-8-19-9-12(11)16/h3-7,11-12H,8-9,16H2,1-2H3. The summed E-state index contributed by atoms with van der Waals surface area (Å²) in [4.78, 5) is 4.55. The number of rotatable bonds is 3. The minimum Gasteiger partial charge on any atom is -0.379 e. The molecular formula is C15H19N3O2. The summed E-state index contributed by atoms with van der Waals surface area (Å²) < 4.78 is 10.8. The Morgan fingerprint density at radius 2 is 1.95 bits per heavy atom. The molecule has 106 valence electrons. The minimum atomic E-state index is -0.299. The van der Waals surface area contributed by atoms with Gasteiger partial charge in [0, 0.05) is 6.04 Å². The van der Waals surface area contributed by atoms with Crippen molar-refractivity contribution in [2.75, 3.05) is 13.2 Å². The maximum Gasteiger partial charge on any atom is 0.233 e. The molecule has 1 aliphatic heterocycles. The van der Waals surface area contributed by atoms with Gasteiger partial charge in [-0.05, 0) is 19.4 Å². The van der Waals surface area contributed by atoms with Crippen LogP contribution >= 0.6 is 0 Å². The van der Waals surface area contributed by atoms with Crippen LogP contribution in [-0.2, 0) is 10.2 Å². The van der Waals surface area contributed by atoms with Gasteiger partial charge in [0.25, 0.3) is 0 Å². The van der Waals surface area contributed by atoms with E-state index < -0.39 is 0 Å². The van der Waals surface area contributed by atoms with E-state index in [0.29, 0.717) is 24.9 Å². The van der Waals surface area contributed by atoms with E-state index in [2.05, 4.69) is 36.1 Å². The summed E-state index contributed by atoms with van der Waals surface area (Å²) in [6.45, 7) is 5.27. The van der Waals surface area contributed by atoms with E-state index in [9.17, 15) is 0 Å². The van der Waals surface area contributed by atoms with E-state index >= 15 is 0 Å². The highest BCUT2D eigenvalue weighted by atomic mass is 16.5. The van der Waals surface area contributed by atoms with Crippen molar-refractivity contribution in [3.8, 4) is 0 Å². The van der Waals surface area contributed by atoms with Crippen LogP contribution in [0.1, 0.15) is 37.0 Å². The second-order valence-electron chi connectivity index (χ2n) is 5.76. The van der Waals surface area contributed by atoms with E-state index in [1.54, 1.807) is 0 Å². The van der Waals surface area contributed by atoms with E-state index in [4.69, 9.17) is 15.0 Å². The quantitative estimate of drug-likeness (QED) is 0.923. The third kappa shape index (κ3) is 2.23. The van der Waals surface area contributed by atoms with E-state index in [-0.39, 0.29) is 17.4 Å². The van der Waals surface area contributed by atoms with Crippen molar-refractivity contribution < 1.29 is 9.26 Å². The lowest BCUT2D eigenvalue weighted by atomic mass is 9.84. The molecule has 1 aliphatic rings. The van der Waals surface area contributed by atoms with Crippen LogP contribution in [0, 0.1) is 0 Å². The van der Waals surface area contributed by atoms with Crippen LogP contribution < -0.4 is 5.73 Å². The Kier molecular flexibility index (Phi) is 3.31. The number of benzene rings is 1. The summed E-state index contributed by atoms with van der Waals surface area (Å²) in [6, 6.07) is 10.1. The Labute approximate surface area is 118 Å². The van der Waals surface area contributed by atoms with E-state index in [1.807, 2.05) is 18.2 Å². The molecule has 2 unspecified atom stereocenters. The van der Waals surface area contributed by atoms with Gasteiger partial charge in [-0.2, -0.15) is 4.98 Å². The van der Waals surface area contributed by atoms with Crippen LogP contribution in [0.2, 0.25) is 0 Å². The van der Waals surface area contributed by atoms with Gasteiger partial charge in [0.1, 0.15) is 0 Å². The Balaban J connectivity index is 1.90. The number of nitrogens with zero attached hydrogens (tertiary/aromatic N) is 2. The molecule has 0 bridgehead atoms. The molecule has 5 heteroatoms. The lowest BCUT2D eigenvalue weighted by molar-refractivity contribution is 0.187. The van der Waals surface area contributed by atoms with E-state index in [1.165, 1.54) is 0 Å². The molecule has 1 fully saturated rings. The fourth-order valence-corrected chi connectivity index (χ4v) is 2.45. The average molecular weight is 273 g/mol. The van der Waals surface area contributed by atoms with Crippen molar-refractivity contribution in [3.05, 3.63) is 47.6 Å². The first kappa shape index (κ1) is 13.3. The molecule has 1 aromatic heterocycles. The Morgan fingerprint density at radius 3 is 2.60 bits per heavy atom. The lowest BCUT2D eigenvalue weighted by Crippen LogP contribution is -2.27. The van der Waals surface area contributed by atoms with Gasteiger partial charge in [0.15, 0.2) is 5.82 Å². The summed E-state index contributed by atoms with van der Waals surface area (Å²) >= 11 is 0. The summed E-state index contributed by atoms with van der Waals surface area (Å²) in [5.41, 5.74) is 6.84. The van der Waals surface area contributed by atoms with Crippen molar-refractivity contribution in [1.82, 2.24) is 10.1 Å². The molecule has 2 heterocycles. The van der Waals surface area contributed by atoms with Crippen LogP contribution in [0.4, 0.5) is 0 Å². The number of aromatic nitrogens is 2. The summed E-state index contributed by atoms with van der Waals surface area (Å²) in [5.74, 6) is 1.26.